The molecular formula is C11H14N4O2. The average Bonchev–Trinajstić information content (AvgIpc) is 2.81. The van der Waals surface area contributed by atoms with Gasteiger partial charge < -0.3 is 20.1 Å². The third kappa shape index (κ3) is 2.47. The Labute approximate surface area is 98.4 Å². The van der Waals surface area contributed by atoms with Crippen LogP contribution in [0, 0.1) is 6.92 Å². The molecule has 0 aromatic carbocycles. The molecule has 6 heteroatoms. The van der Waals surface area contributed by atoms with Crippen molar-refractivity contribution in [3.05, 3.63) is 35.5 Å². The number of aryl methyl sites for hydroxylation is 2. The molecule has 2 rings (SSSR count). The maximum Gasteiger partial charge on any atom is 0.268 e. The Hall–Kier alpha value is -2.24. The van der Waals surface area contributed by atoms with Crippen molar-refractivity contribution < 1.29 is 9.32 Å². The number of rotatable bonds is 3. The van der Waals surface area contributed by atoms with Gasteiger partial charge in [-0.1, -0.05) is 5.16 Å². The van der Waals surface area contributed by atoms with Gasteiger partial charge in [0.25, 0.3) is 5.91 Å². The summed E-state index contributed by atoms with van der Waals surface area (Å²) >= 11 is 0. The molecule has 0 bridgehead atoms. The lowest BCUT2D eigenvalue weighted by Crippen LogP contribution is -2.24. The van der Waals surface area contributed by atoms with Crippen molar-refractivity contribution in [3.63, 3.8) is 0 Å². The molecule has 3 N–H and O–H groups in total. The molecule has 0 aliphatic rings. The van der Waals surface area contributed by atoms with Gasteiger partial charge in [-0.15, -0.1) is 0 Å². The zero-order chi connectivity index (χ0) is 12.4. The SMILES string of the molecule is Cc1cc(CNC(=O)c2cc(N)cn2C)no1. The number of nitrogens with two attached hydrogens (primary N) is 1. The minimum absolute atomic E-state index is 0.190. The molecule has 90 valence electrons. The molecule has 0 fully saturated rings. The molecule has 0 saturated heterocycles. The number of anilines is 1. The topological polar surface area (TPSA) is 86.1 Å². The standard InChI is InChI=1S/C11H14N4O2/c1-7-3-9(14-17-7)5-13-11(16)10-4-8(12)6-15(10)2/h3-4,6H,5,12H2,1-2H3,(H,13,16). The van der Waals surface area contributed by atoms with Gasteiger partial charge in [0.1, 0.15) is 17.1 Å². The van der Waals surface area contributed by atoms with Crippen LogP contribution in [-0.2, 0) is 13.6 Å². The second kappa shape index (κ2) is 4.32. The molecule has 0 aliphatic heterocycles. The zero-order valence-corrected chi connectivity index (χ0v) is 9.73. The second-order valence-corrected chi connectivity index (χ2v) is 3.88. The van der Waals surface area contributed by atoms with Gasteiger partial charge in [-0.05, 0) is 13.0 Å². The smallest absolute Gasteiger partial charge is 0.268 e. The van der Waals surface area contributed by atoms with Crippen LogP contribution in [0.15, 0.2) is 22.9 Å². The maximum atomic E-state index is 11.8. The van der Waals surface area contributed by atoms with E-state index in [4.69, 9.17) is 10.3 Å². The molecule has 1 amide bonds. The Kier molecular flexibility index (Phi) is 2.86. The molecule has 0 saturated carbocycles. The minimum Gasteiger partial charge on any atom is -0.397 e. The number of nitrogen functional groups attached to an aromatic ring is 1. The van der Waals surface area contributed by atoms with Gasteiger partial charge in [0.2, 0.25) is 0 Å². The van der Waals surface area contributed by atoms with Crippen LogP contribution in [0.1, 0.15) is 21.9 Å². The van der Waals surface area contributed by atoms with E-state index < -0.39 is 0 Å². The van der Waals surface area contributed by atoms with E-state index in [1.165, 1.54) is 0 Å². The van der Waals surface area contributed by atoms with Crippen LogP contribution in [0.3, 0.4) is 0 Å². The third-order valence-corrected chi connectivity index (χ3v) is 2.37. The number of hydrogen-bond donors (Lipinski definition) is 2. The molecule has 0 spiro atoms. The Bertz CT molecular complexity index is 541. The van der Waals surface area contributed by atoms with Crippen LogP contribution in [0.4, 0.5) is 5.69 Å². The molecule has 0 aliphatic carbocycles. The van der Waals surface area contributed by atoms with E-state index in [0.717, 1.165) is 5.76 Å². The van der Waals surface area contributed by atoms with Gasteiger partial charge in [0, 0.05) is 19.3 Å². The van der Waals surface area contributed by atoms with Crippen LogP contribution in [0.2, 0.25) is 0 Å². The van der Waals surface area contributed by atoms with Gasteiger partial charge in [0.15, 0.2) is 0 Å². The summed E-state index contributed by atoms with van der Waals surface area (Å²) in [4.78, 5) is 11.8. The lowest BCUT2D eigenvalue weighted by molar-refractivity contribution is 0.0942. The summed E-state index contributed by atoms with van der Waals surface area (Å²) in [6.07, 6.45) is 1.69. The van der Waals surface area contributed by atoms with Crippen LogP contribution in [0.25, 0.3) is 0 Å². The lowest BCUT2D eigenvalue weighted by atomic mass is 10.3. The van der Waals surface area contributed by atoms with E-state index in [1.54, 1.807) is 36.9 Å². The van der Waals surface area contributed by atoms with Crippen molar-refractivity contribution in [3.8, 4) is 0 Å². The van der Waals surface area contributed by atoms with Crippen molar-refractivity contribution >= 4 is 11.6 Å². The van der Waals surface area contributed by atoms with Gasteiger partial charge in [-0.3, -0.25) is 4.79 Å². The summed E-state index contributed by atoms with van der Waals surface area (Å²) in [6, 6.07) is 3.41. The number of nitrogens with one attached hydrogen (secondary N) is 1. The van der Waals surface area contributed by atoms with E-state index >= 15 is 0 Å². The van der Waals surface area contributed by atoms with Crippen molar-refractivity contribution in [2.24, 2.45) is 7.05 Å². The first-order valence-electron chi connectivity index (χ1n) is 5.18. The summed E-state index contributed by atoms with van der Waals surface area (Å²) in [5.41, 5.74) is 7.37. The van der Waals surface area contributed by atoms with E-state index in [0.29, 0.717) is 23.6 Å². The molecule has 6 nitrogen and oxygen atoms in total. The maximum absolute atomic E-state index is 11.8. The summed E-state index contributed by atoms with van der Waals surface area (Å²) in [6.45, 7) is 2.14. The highest BCUT2D eigenvalue weighted by Gasteiger charge is 2.11. The van der Waals surface area contributed by atoms with Gasteiger partial charge >= 0.3 is 0 Å². The Morgan fingerprint density at radius 2 is 2.35 bits per heavy atom. The second-order valence-electron chi connectivity index (χ2n) is 3.88. The number of amides is 1. The summed E-state index contributed by atoms with van der Waals surface area (Å²) in [7, 11) is 1.77. The lowest BCUT2D eigenvalue weighted by Gasteiger charge is -2.03. The summed E-state index contributed by atoms with van der Waals surface area (Å²) < 4.78 is 6.58. The van der Waals surface area contributed by atoms with Crippen molar-refractivity contribution in [1.82, 2.24) is 15.0 Å². The predicted molar refractivity (Wildman–Crippen MR) is 62.2 cm³/mol. The predicted octanol–water partition coefficient (Wildman–Crippen LogP) is 0.834. The highest BCUT2D eigenvalue weighted by Crippen LogP contribution is 2.08. The van der Waals surface area contributed by atoms with E-state index in [2.05, 4.69) is 10.5 Å². The molecular weight excluding hydrogens is 220 g/mol. The van der Waals surface area contributed by atoms with Crippen LogP contribution in [-0.4, -0.2) is 15.6 Å². The summed E-state index contributed by atoms with van der Waals surface area (Å²) in [5.74, 6) is 0.530. The Morgan fingerprint density at radius 1 is 1.59 bits per heavy atom. The van der Waals surface area contributed by atoms with Crippen LogP contribution < -0.4 is 11.1 Å². The number of carbonyl (C=O) groups is 1. The molecule has 2 heterocycles. The third-order valence-electron chi connectivity index (χ3n) is 2.37. The van der Waals surface area contributed by atoms with Crippen LogP contribution in [0.5, 0.6) is 0 Å². The fraction of sp³-hybridized carbons (Fsp3) is 0.273. The largest absolute Gasteiger partial charge is 0.397 e. The quantitative estimate of drug-likeness (QED) is 0.823. The first kappa shape index (κ1) is 11.3. The fourth-order valence-electron chi connectivity index (χ4n) is 1.58. The molecule has 17 heavy (non-hydrogen) atoms. The minimum atomic E-state index is -0.190. The van der Waals surface area contributed by atoms with Crippen molar-refractivity contribution in [1.29, 1.82) is 0 Å². The molecule has 0 atom stereocenters. The average molecular weight is 234 g/mol. The normalized spacial score (nSPS) is 10.5. The number of carbonyl (C=O) groups excluding carboxylic acids is 1. The number of nitrogens with zero attached hydrogens (tertiary/aromatic N) is 2. The Balaban J connectivity index is 2.00. The van der Waals surface area contributed by atoms with Crippen LogP contribution >= 0.6 is 0 Å². The van der Waals surface area contributed by atoms with Crippen molar-refractivity contribution in [2.45, 2.75) is 13.5 Å². The molecule has 0 unspecified atom stereocenters. The molecule has 2 aromatic rings. The van der Waals surface area contributed by atoms with Gasteiger partial charge in [0.05, 0.1) is 12.2 Å². The number of aromatic nitrogens is 2. The summed E-state index contributed by atoms with van der Waals surface area (Å²) in [5, 5.41) is 6.53. The van der Waals surface area contributed by atoms with E-state index in [-0.39, 0.29) is 5.91 Å². The molecule has 0 radical (unpaired) electrons. The monoisotopic (exact) mass is 234 g/mol. The highest BCUT2D eigenvalue weighted by atomic mass is 16.5. The highest BCUT2D eigenvalue weighted by molar-refractivity contribution is 5.93. The van der Waals surface area contributed by atoms with Gasteiger partial charge in [-0.2, -0.15) is 0 Å². The first-order valence-corrected chi connectivity index (χ1v) is 5.18. The Morgan fingerprint density at radius 3 is 2.88 bits per heavy atom. The number of hydrogen-bond acceptors (Lipinski definition) is 4. The zero-order valence-electron chi connectivity index (χ0n) is 9.73. The van der Waals surface area contributed by atoms with Crippen molar-refractivity contribution in [2.75, 3.05) is 5.73 Å². The first-order chi connectivity index (χ1) is 8.06. The van der Waals surface area contributed by atoms with Gasteiger partial charge in [-0.25, -0.2) is 0 Å². The van der Waals surface area contributed by atoms with E-state index in [9.17, 15) is 4.79 Å². The van der Waals surface area contributed by atoms with E-state index in [1.807, 2.05) is 0 Å². The molecule has 2 aromatic heterocycles. The fourth-order valence-corrected chi connectivity index (χ4v) is 1.58.